The Balaban J connectivity index is 1.25. The van der Waals surface area contributed by atoms with Crippen LogP contribution in [0.2, 0.25) is 0 Å². The summed E-state index contributed by atoms with van der Waals surface area (Å²) >= 11 is 0. The molecule has 0 unspecified atom stereocenters. The summed E-state index contributed by atoms with van der Waals surface area (Å²) in [6.45, 7) is 3.46. The van der Waals surface area contributed by atoms with Crippen molar-refractivity contribution >= 4 is 29.1 Å². The third-order valence-electron chi connectivity index (χ3n) is 7.43. The SMILES string of the molecule is CCC(=O)N(C)CCc1cccc(Cc2ccc(N3CCn4ncc(C(=O)Nc5cccc(C#N)c5)c4C3=O)cc2)c1. The van der Waals surface area contributed by atoms with E-state index in [2.05, 4.69) is 28.6 Å². The van der Waals surface area contributed by atoms with Crippen molar-refractivity contribution in [2.45, 2.75) is 32.7 Å². The summed E-state index contributed by atoms with van der Waals surface area (Å²) in [5.41, 5.74) is 5.56. The van der Waals surface area contributed by atoms with E-state index in [1.165, 1.54) is 17.3 Å². The van der Waals surface area contributed by atoms with Gasteiger partial charge in [-0.1, -0.05) is 49.4 Å². The van der Waals surface area contributed by atoms with Crippen LogP contribution in [0.3, 0.4) is 0 Å². The molecule has 0 fully saturated rings. The highest BCUT2D eigenvalue weighted by molar-refractivity contribution is 6.15. The highest BCUT2D eigenvalue weighted by atomic mass is 16.2. The molecule has 5 rings (SSSR count). The topological polar surface area (TPSA) is 111 Å². The fourth-order valence-electron chi connectivity index (χ4n) is 5.10. The second-order valence-corrected chi connectivity index (χ2v) is 10.3. The second-order valence-electron chi connectivity index (χ2n) is 10.3. The van der Waals surface area contributed by atoms with Crippen molar-refractivity contribution < 1.29 is 14.4 Å². The molecule has 9 heteroatoms. The van der Waals surface area contributed by atoms with Crippen LogP contribution < -0.4 is 10.2 Å². The van der Waals surface area contributed by atoms with Gasteiger partial charge in [-0.25, -0.2) is 0 Å². The molecule has 3 aromatic carbocycles. The zero-order valence-corrected chi connectivity index (χ0v) is 23.7. The van der Waals surface area contributed by atoms with Gasteiger partial charge in [-0.2, -0.15) is 10.4 Å². The van der Waals surface area contributed by atoms with Crippen LogP contribution in [0, 0.1) is 11.3 Å². The molecule has 0 saturated carbocycles. The summed E-state index contributed by atoms with van der Waals surface area (Å²) in [6, 6.07) is 25.0. The molecule has 0 aliphatic carbocycles. The molecule has 0 radical (unpaired) electrons. The Kier molecular flexibility index (Phi) is 8.44. The quantitative estimate of drug-likeness (QED) is 0.320. The molecule has 0 atom stereocenters. The number of anilines is 2. The maximum absolute atomic E-state index is 13.6. The summed E-state index contributed by atoms with van der Waals surface area (Å²) in [5, 5.41) is 16.2. The molecular weight excluding hydrogens is 528 g/mol. The lowest BCUT2D eigenvalue weighted by Crippen LogP contribution is -2.41. The Morgan fingerprint density at radius 1 is 1.00 bits per heavy atom. The smallest absolute Gasteiger partial charge is 0.277 e. The molecule has 4 aromatic rings. The number of hydrogen-bond donors (Lipinski definition) is 1. The van der Waals surface area contributed by atoms with Crippen LogP contribution in [0.4, 0.5) is 11.4 Å². The first-order valence-corrected chi connectivity index (χ1v) is 14.0. The molecular formula is C33H32N6O3. The van der Waals surface area contributed by atoms with Gasteiger partial charge in [0.05, 0.1) is 29.9 Å². The fraction of sp³-hybridized carbons (Fsp3) is 0.242. The van der Waals surface area contributed by atoms with Crippen LogP contribution in [0.15, 0.2) is 79.0 Å². The minimum Gasteiger partial charge on any atom is -0.345 e. The van der Waals surface area contributed by atoms with Crippen molar-refractivity contribution in [3.05, 3.63) is 113 Å². The highest BCUT2D eigenvalue weighted by Crippen LogP contribution is 2.25. The molecule has 2 heterocycles. The van der Waals surface area contributed by atoms with Crippen molar-refractivity contribution in [1.82, 2.24) is 14.7 Å². The predicted molar refractivity (Wildman–Crippen MR) is 160 cm³/mol. The van der Waals surface area contributed by atoms with Gasteiger partial charge >= 0.3 is 0 Å². The number of nitrogens with zero attached hydrogens (tertiary/aromatic N) is 5. The number of likely N-dealkylation sites (N-methyl/N-ethyl adjacent to an activating group) is 1. The average molecular weight is 561 g/mol. The van der Waals surface area contributed by atoms with Gasteiger partial charge in [0.25, 0.3) is 11.8 Å². The summed E-state index contributed by atoms with van der Waals surface area (Å²) in [5.74, 6) is -0.603. The molecule has 1 N–H and O–H groups in total. The van der Waals surface area contributed by atoms with Crippen LogP contribution in [0.5, 0.6) is 0 Å². The number of hydrogen-bond acceptors (Lipinski definition) is 5. The predicted octanol–water partition coefficient (Wildman–Crippen LogP) is 4.67. The van der Waals surface area contributed by atoms with Gasteiger partial charge in [0.15, 0.2) is 0 Å². The standard InChI is InChI=1S/C33H32N6O3/c1-3-30(40)37(2)15-14-23-6-4-7-25(18-23)19-24-10-12-28(13-11-24)38-16-17-39-31(33(38)42)29(22-35-39)32(41)36-27-9-5-8-26(20-27)21-34/h4-13,18,20,22H,3,14-17,19H2,1-2H3,(H,36,41). The van der Waals surface area contributed by atoms with Gasteiger partial charge in [-0.3, -0.25) is 19.1 Å². The van der Waals surface area contributed by atoms with Crippen molar-refractivity contribution in [2.24, 2.45) is 0 Å². The van der Waals surface area contributed by atoms with E-state index in [1.807, 2.05) is 50.4 Å². The van der Waals surface area contributed by atoms with Crippen LogP contribution >= 0.6 is 0 Å². The Labute approximate surface area is 245 Å². The minimum atomic E-state index is -0.456. The number of fused-ring (bicyclic) bond motifs is 1. The van der Waals surface area contributed by atoms with Gasteiger partial charge in [-0.05, 0) is 59.9 Å². The number of nitriles is 1. The number of benzene rings is 3. The lowest BCUT2D eigenvalue weighted by Gasteiger charge is -2.28. The Bertz CT molecular complexity index is 1670. The van der Waals surface area contributed by atoms with Gasteiger partial charge in [0.2, 0.25) is 5.91 Å². The van der Waals surface area contributed by atoms with Gasteiger partial charge in [0, 0.05) is 37.9 Å². The van der Waals surface area contributed by atoms with Gasteiger partial charge < -0.3 is 15.1 Å². The van der Waals surface area contributed by atoms with Crippen molar-refractivity contribution in [1.29, 1.82) is 5.26 Å². The maximum atomic E-state index is 13.6. The van der Waals surface area contributed by atoms with E-state index in [-0.39, 0.29) is 23.1 Å². The number of rotatable bonds is 9. The molecule has 1 aliphatic heterocycles. The fourth-order valence-corrected chi connectivity index (χ4v) is 5.10. The van der Waals surface area contributed by atoms with Crippen LogP contribution in [-0.4, -0.2) is 52.5 Å². The average Bonchev–Trinajstić information content (AvgIpc) is 3.46. The number of amides is 3. The first-order valence-electron chi connectivity index (χ1n) is 14.0. The molecule has 3 amide bonds. The number of aromatic nitrogens is 2. The highest BCUT2D eigenvalue weighted by Gasteiger charge is 2.32. The summed E-state index contributed by atoms with van der Waals surface area (Å²) in [4.78, 5) is 41.9. The first-order chi connectivity index (χ1) is 20.4. The molecule has 9 nitrogen and oxygen atoms in total. The molecule has 0 saturated heterocycles. The van der Waals surface area contributed by atoms with E-state index < -0.39 is 5.91 Å². The molecule has 0 spiro atoms. The molecule has 0 bridgehead atoms. The molecule has 1 aliphatic rings. The van der Waals surface area contributed by atoms with Crippen molar-refractivity contribution in [2.75, 3.05) is 30.4 Å². The Morgan fingerprint density at radius 3 is 2.52 bits per heavy atom. The lowest BCUT2D eigenvalue weighted by atomic mass is 10.0. The van der Waals surface area contributed by atoms with Crippen LogP contribution in [-0.2, 0) is 24.2 Å². The van der Waals surface area contributed by atoms with Crippen LogP contribution in [0.1, 0.15) is 56.4 Å². The van der Waals surface area contributed by atoms with E-state index in [0.717, 1.165) is 24.1 Å². The molecule has 42 heavy (non-hydrogen) atoms. The number of nitrogens with one attached hydrogen (secondary N) is 1. The van der Waals surface area contributed by atoms with E-state index in [9.17, 15) is 14.4 Å². The van der Waals surface area contributed by atoms with Crippen LogP contribution in [0.25, 0.3) is 0 Å². The Morgan fingerprint density at radius 2 is 1.76 bits per heavy atom. The molecule has 1 aromatic heterocycles. The van der Waals surface area contributed by atoms with Gasteiger partial charge in [0.1, 0.15) is 5.69 Å². The van der Waals surface area contributed by atoms with E-state index >= 15 is 0 Å². The lowest BCUT2D eigenvalue weighted by molar-refractivity contribution is -0.129. The van der Waals surface area contributed by atoms with Crippen molar-refractivity contribution in [3.63, 3.8) is 0 Å². The van der Waals surface area contributed by atoms with E-state index in [0.29, 0.717) is 37.3 Å². The van der Waals surface area contributed by atoms with E-state index in [1.54, 1.807) is 38.7 Å². The van der Waals surface area contributed by atoms with E-state index in [4.69, 9.17) is 5.26 Å². The zero-order chi connectivity index (χ0) is 29.6. The first kappa shape index (κ1) is 28.3. The zero-order valence-electron chi connectivity index (χ0n) is 23.7. The summed E-state index contributed by atoms with van der Waals surface area (Å²) in [6.07, 6.45) is 3.47. The minimum absolute atomic E-state index is 0.143. The summed E-state index contributed by atoms with van der Waals surface area (Å²) < 4.78 is 1.57. The monoisotopic (exact) mass is 560 g/mol. The number of carbonyl (C=O) groups excluding carboxylic acids is 3. The Hall–Kier alpha value is -5.23. The third kappa shape index (κ3) is 6.23. The van der Waals surface area contributed by atoms with Crippen molar-refractivity contribution in [3.8, 4) is 6.07 Å². The third-order valence-corrected chi connectivity index (χ3v) is 7.43. The summed E-state index contributed by atoms with van der Waals surface area (Å²) in [7, 11) is 1.84. The van der Waals surface area contributed by atoms with Gasteiger partial charge in [-0.15, -0.1) is 0 Å². The second kappa shape index (κ2) is 12.5. The largest absolute Gasteiger partial charge is 0.345 e. The number of carbonyl (C=O) groups is 3. The molecule has 212 valence electrons. The maximum Gasteiger partial charge on any atom is 0.277 e. The normalized spacial score (nSPS) is 12.4.